The summed E-state index contributed by atoms with van der Waals surface area (Å²) in [4.78, 5) is 27.2. The Labute approximate surface area is 131 Å². The third-order valence-corrected chi connectivity index (χ3v) is 4.01. The first-order chi connectivity index (χ1) is 10.3. The van der Waals surface area contributed by atoms with E-state index in [0.717, 1.165) is 0 Å². The molecule has 2 atom stereocenters. The Balaban J connectivity index is 2.65. The molecule has 0 spiro atoms. The zero-order valence-electron chi connectivity index (χ0n) is 11.9. The third kappa shape index (κ3) is 2.57. The molecule has 0 fully saturated rings. The summed E-state index contributed by atoms with van der Waals surface area (Å²) >= 11 is 6.12. The summed E-state index contributed by atoms with van der Waals surface area (Å²) in [5.41, 5.74) is -1.17. The minimum atomic E-state index is -1.44. The van der Waals surface area contributed by atoms with Gasteiger partial charge in [-0.15, -0.1) is 0 Å². The van der Waals surface area contributed by atoms with E-state index in [0.29, 0.717) is 5.56 Å². The first-order valence-electron chi connectivity index (χ1n) is 6.37. The summed E-state index contributed by atoms with van der Waals surface area (Å²) in [5.74, 6) is -3.04. The van der Waals surface area contributed by atoms with Crippen LogP contribution in [-0.2, 0) is 9.59 Å². The van der Waals surface area contributed by atoms with Crippen LogP contribution >= 0.6 is 11.6 Å². The van der Waals surface area contributed by atoms with Gasteiger partial charge in [0.2, 0.25) is 5.88 Å². The van der Waals surface area contributed by atoms with Crippen molar-refractivity contribution in [2.24, 2.45) is 5.41 Å². The maximum atomic E-state index is 11.7. The summed E-state index contributed by atoms with van der Waals surface area (Å²) in [6.45, 7) is 1.45. The van der Waals surface area contributed by atoms with Gasteiger partial charge in [-0.3, -0.25) is 4.79 Å². The predicted molar refractivity (Wildman–Crippen MR) is 79.1 cm³/mol. The van der Waals surface area contributed by atoms with Crippen molar-refractivity contribution < 1.29 is 24.5 Å². The van der Waals surface area contributed by atoms with Gasteiger partial charge in [-0.2, -0.15) is 0 Å². The lowest BCUT2D eigenvalue weighted by Crippen LogP contribution is -2.37. The molecule has 0 saturated heterocycles. The van der Waals surface area contributed by atoms with Gasteiger partial charge in [-0.05, 0) is 18.6 Å². The summed E-state index contributed by atoms with van der Waals surface area (Å²) < 4.78 is 4.95. The van der Waals surface area contributed by atoms with E-state index in [2.05, 4.69) is 4.98 Å². The quantitative estimate of drug-likeness (QED) is 0.826. The molecule has 0 amide bonds. The molecule has 6 nitrogen and oxygen atoms in total. The molecule has 1 aliphatic carbocycles. The summed E-state index contributed by atoms with van der Waals surface area (Å²) in [7, 11) is 1.42. The Hall–Kier alpha value is -2.34. The van der Waals surface area contributed by atoms with Crippen LogP contribution in [0.1, 0.15) is 18.4 Å². The third-order valence-electron chi connectivity index (χ3n) is 3.71. The molecule has 1 aliphatic rings. The Kier molecular flexibility index (Phi) is 4.23. The van der Waals surface area contributed by atoms with E-state index in [1.807, 2.05) is 0 Å². The summed E-state index contributed by atoms with van der Waals surface area (Å²) in [6, 6.07) is 3.05. The molecule has 2 N–H and O–H groups in total. The Bertz CT molecular complexity index is 697. The number of aliphatic carboxylic acids is 2. The van der Waals surface area contributed by atoms with Gasteiger partial charge in [-0.25, -0.2) is 9.78 Å². The van der Waals surface area contributed by atoms with E-state index in [4.69, 9.17) is 16.3 Å². The molecule has 1 aromatic rings. The average Bonchev–Trinajstić information content (AvgIpc) is 2.47. The number of nitrogens with zero attached hydrogens (tertiary/aromatic N) is 1. The van der Waals surface area contributed by atoms with Crippen LogP contribution in [-0.4, -0.2) is 34.2 Å². The maximum Gasteiger partial charge on any atom is 0.332 e. The van der Waals surface area contributed by atoms with Gasteiger partial charge in [0, 0.05) is 17.6 Å². The van der Waals surface area contributed by atoms with E-state index in [-0.39, 0.29) is 16.6 Å². The molecule has 22 heavy (non-hydrogen) atoms. The minimum Gasteiger partial charge on any atom is -0.481 e. The van der Waals surface area contributed by atoms with Crippen molar-refractivity contribution in [1.82, 2.24) is 4.98 Å². The van der Waals surface area contributed by atoms with Crippen LogP contribution in [0, 0.1) is 5.41 Å². The molecule has 2 rings (SSSR count). The zero-order chi connectivity index (χ0) is 16.5. The Morgan fingerprint density at radius 2 is 2.05 bits per heavy atom. The Morgan fingerprint density at radius 3 is 2.55 bits per heavy atom. The Morgan fingerprint density at radius 1 is 1.36 bits per heavy atom. The van der Waals surface area contributed by atoms with Crippen LogP contribution in [0.2, 0.25) is 5.15 Å². The van der Waals surface area contributed by atoms with Crippen molar-refractivity contribution in [2.75, 3.05) is 7.11 Å². The second-order valence-electron chi connectivity index (χ2n) is 5.04. The highest BCUT2D eigenvalue weighted by atomic mass is 35.5. The number of hydrogen-bond donors (Lipinski definition) is 2. The number of allylic oxidation sites excluding steroid dienone is 2. The molecule has 0 bridgehead atoms. The van der Waals surface area contributed by atoms with Gasteiger partial charge in [0.15, 0.2) is 0 Å². The standard InChI is InChI=1S/C15H14ClNO5/c1-15(14(20)21)7-3-4-9(13(18)19)11(15)8-5-6-10(22-2)17-12(8)16/h3-7,11H,1-2H3,(H,18,19)(H,20,21). The minimum absolute atomic E-state index is 0.0132. The van der Waals surface area contributed by atoms with E-state index in [1.54, 1.807) is 0 Å². The number of methoxy groups -OCH3 is 1. The topological polar surface area (TPSA) is 96.7 Å². The van der Waals surface area contributed by atoms with E-state index >= 15 is 0 Å². The van der Waals surface area contributed by atoms with Crippen LogP contribution in [0.25, 0.3) is 0 Å². The molecular formula is C15H14ClNO5. The summed E-state index contributed by atoms with van der Waals surface area (Å²) in [6.07, 6.45) is 4.25. The molecule has 0 saturated carbocycles. The molecule has 1 heterocycles. The molecule has 1 aromatic heterocycles. The van der Waals surface area contributed by atoms with E-state index in [1.165, 1.54) is 44.4 Å². The van der Waals surface area contributed by atoms with Gasteiger partial charge >= 0.3 is 11.9 Å². The SMILES string of the molecule is COc1ccc(C2C(C(=O)O)=CC=CC2(C)C(=O)O)c(Cl)n1. The van der Waals surface area contributed by atoms with E-state index < -0.39 is 23.3 Å². The lowest BCUT2D eigenvalue weighted by atomic mass is 9.67. The number of hydrogen-bond acceptors (Lipinski definition) is 4. The highest BCUT2D eigenvalue weighted by Gasteiger charge is 2.46. The molecule has 7 heteroatoms. The number of ether oxygens (including phenoxy) is 1. The first kappa shape index (κ1) is 16.0. The molecular weight excluding hydrogens is 310 g/mol. The monoisotopic (exact) mass is 323 g/mol. The van der Waals surface area contributed by atoms with E-state index in [9.17, 15) is 19.8 Å². The molecule has 0 aromatic carbocycles. The van der Waals surface area contributed by atoms with Crippen LogP contribution in [0.4, 0.5) is 0 Å². The maximum absolute atomic E-state index is 11.7. The molecule has 116 valence electrons. The second-order valence-corrected chi connectivity index (χ2v) is 5.40. The lowest BCUT2D eigenvalue weighted by Gasteiger charge is -2.34. The highest BCUT2D eigenvalue weighted by Crippen LogP contribution is 2.47. The van der Waals surface area contributed by atoms with Crippen molar-refractivity contribution in [2.45, 2.75) is 12.8 Å². The second kappa shape index (κ2) is 5.81. The number of pyridine rings is 1. The first-order valence-corrected chi connectivity index (χ1v) is 6.75. The van der Waals surface area contributed by atoms with Crippen molar-refractivity contribution in [3.8, 4) is 5.88 Å². The number of carboxylic acid groups (broad SMARTS) is 2. The van der Waals surface area contributed by atoms with Crippen LogP contribution in [0.15, 0.2) is 35.9 Å². The van der Waals surface area contributed by atoms with Crippen molar-refractivity contribution in [1.29, 1.82) is 0 Å². The number of aromatic nitrogens is 1. The summed E-state index contributed by atoms with van der Waals surface area (Å²) in [5, 5.41) is 19.0. The number of rotatable bonds is 4. The van der Waals surface area contributed by atoms with Gasteiger partial charge in [0.25, 0.3) is 0 Å². The molecule has 0 radical (unpaired) electrons. The van der Waals surface area contributed by atoms with Gasteiger partial charge in [0.1, 0.15) is 5.15 Å². The predicted octanol–water partition coefficient (Wildman–Crippen LogP) is 2.50. The van der Waals surface area contributed by atoms with Gasteiger partial charge in [0.05, 0.1) is 12.5 Å². The fourth-order valence-corrected chi connectivity index (χ4v) is 2.76. The van der Waals surface area contributed by atoms with Crippen molar-refractivity contribution in [3.63, 3.8) is 0 Å². The number of carbonyl (C=O) groups is 2. The smallest absolute Gasteiger partial charge is 0.332 e. The normalized spacial score (nSPS) is 23.8. The van der Waals surface area contributed by atoms with Crippen LogP contribution in [0.5, 0.6) is 5.88 Å². The molecule has 2 unspecified atom stereocenters. The number of carboxylic acids is 2. The zero-order valence-corrected chi connectivity index (χ0v) is 12.7. The molecule has 0 aliphatic heterocycles. The fraction of sp³-hybridized carbons (Fsp3) is 0.267. The average molecular weight is 324 g/mol. The highest BCUT2D eigenvalue weighted by molar-refractivity contribution is 6.30. The van der Waals surface area contributed by atoms with Crippen LogP contribution in [0.3, 0.4) is 0 Å². The van der Waals surface area contributed by atoms with Crippen molar-refractivity contribution in [3.05, 3.63) is 46.7 Å². The van der Waals surface area contributed by atoms with Crippen molar-refractivity contribution >= 4 is 23.5 Å². The van der Waals surface area contributed by atoms with Gasteiger partial charge < -0.3 is 14.9 Å². The fourth-order valence-electron chi connectivity index (χ4n) is 2.50. The number of halogens is 1. The van der Waals surface area contributed by atoms with Crippen LogP contribution < -0.4 is 4.74 Å². The largest absolute Gasteiger partial charge is 0.481 e. The lowest BCUT2D eigenvalue weighted by molar-refractivity contribution is -0.146. The van der Waals surface area contributed by atoms with Gasteiger partial charge in [-0.1, -0.05) is 29.8 Å².